The first-order chi connectivity index (χ1) is 8.80. The number of sulfone groups is 1. The van der Waals surface area contributed by atoms with E-state index in [-0.39, 0.29) is 17.8 Å². The predicted octanol–water partition coefficient (Wildman–Crippen LogP) is 1.34. The summed E-state index contributed by atoms with van der Waals surface area (Å²) in [5.41, 5.74) is 7.41. The molecule has 7 heteroatoms. The third-order valence-corrected chi connectivity index (χ3v) is 5.25. The topological polar surface area (TPSA) is 90.0 Å². The van der Waals surface area contributed by atoms with Gasteiger partial charge >= 0.3 is 0 Å². The van der Waals surface area contributed by atoms with Crippen LogP contribution in [-0.2, 0) is 9.84 Å². The summed E-state index contributed by atoms with van der Waals surface area (Å²) in [6.07, 6.45) is 1.55. The molecule has 0 spiro atoms. The fraction of sp³-hybridized carbons (Fsp3) is 0.750. The first-order valence-electron chi connectivity index (χ1n) is 6.61. The number of anilines is 2. The molecule has 6 nitrogen and oxygen atoms in total. The fourth-order valence-electron chi connectivity index (χ4n) is 2.41. The molecule has 1 aliphatic heterocycles. The molecule has 2 rings (SSSR count). The van der Waals surface area contributed by atoms with Crippen molar-refractivity contribution in [3.63, 3.8) is 0 Å². The average Bonchev–Trinajstić information content (AvgIpc) is 2.56. The van der Waals surface area contributed by atoms with Crippen molar-refractivity contribution in [3.8, 4) is 0 Å². The van der Waals surface area contributed by atoms with Crippen molar-refractivity contribution in [2.24, 2.45) is 0 Å². The van der Waals surface area contributed by atoms with Crippen molar-refractivity contribution in [1.82, 2.24) is 9.78 Å². The number of rotatable bonds is 3. The van der Waals surface area contributed by atoms with Gasteiger partial charge in [0.15, 0.2) is 9.84 Å². The summed E-state index contributed by atoms with van der Waals surface area (Å²) < 4.78 is 25.2. The van der Waals surface area contributed by atoms with Gasteiger partial charge in [0.05, 0.1) is 22.9 Å². The molecule has 0 bridgehead atoms. The maximum atomic E-state index is 11.7. The van der Waals surface area contributed by atoms with Gasteiger partial charge in [-0.3, -0.25) is 0 Å². The number of hydrogen-bond acceptors (Lipinski definition) is 5. The van der Waals surface area contributed by atoms with E-state index in [0.717, 1.165) is 17.9 Å². The average molecular weight is 286 g/mol. The largest absolute Gasteiger partial charge is 0.394 e. The molecular weight excluding hydrogens is 264 g/mol. The highest BCUT2D eigenvalue weighted by Crippen LogP contribution is 2.27. The van der Waals surface area contributed by atoms with Crippen LogP contribution >= 0.6 is 0 Å². The Morgan fingerprint density at radius 1 is 1.47 bits per heavy atom. The third-order valence-electron chi connectivity index (χ3n) is 3.42. The number of aryl methyl sites for hydroxylation is 1. The van der Waals surface area contributed by atoms with Crippen LogP contribution in [-0.4, -0.2) is 35.7 Å². The van der Waals surface area contributed by atoms with Gasteiger partial charge in [0.2, 0.25) is 0 Å². The van der Waals surface area contributed by atoms with Crippen LogP contribution in [0, 0.1) is 6.92 Å². The van der Waals surface area contributed by atoms with Crippen molar-refractivity contribution < 1.29 is 8.42 Å². The molecule has 0 aromatic carbocycles. The Bertz CT molecular complexity index is 563. The Kier molecular flexibility index (Phi) is 3.75. The van der Waals surface area contributed by atoms with Gasteiger partial charge in [-0.15, -0.1) is 0 Å². The molecule has 19 heavy (non-hydrogen) atoms. The predicted molar refractivity (Wildman–Crippen MR) is 77.1 cm³/mol. The third kappa shape index (κ3) is 3.02. The van der Waals surface area contributed by atoms with E-state index in [1.807, 2.05) is 25.5 Å². The van der Waals surface area contributed by atoms with Crippen LogP contribution in [0.15, 0.2) is 0 Å². The molecule has 108 valence electrons. The van der Waals surface area contributed by atoms with Crippen LogP contribution in [0.3, 0.4) is 0 Å². The summed E-state index contributed by atoms with van der Waals surface area (Å²) in [6, 6.07) is 0.105. The molecule has 1 saturated heterocycles. The second-order valence-electron chi connectivity index (χ2n) is 5.48. The van der Waals surface area contributed by atoms with Crippen LogP contribution in [0.5, 0.6) is 0 Å². The number of nitrogens with zero attached hydrogens (tertiary/aromatic N) is 2. The molecule has 1 aromatic heterocycles. The van der Waals surface area contributed by atoms with Gasteiger partial charge in [-0.2, -0.15) is 5.10 Å². The second-order valence-corrected chi connectivity index (χ2v) is 7.71. The Balaban J connectivity index is 2.23. The van der Waals surface area contributed by atoms with E-state index >= 15 is 0 Å². The van der Waals surface area contributed by atoms with E-state index in [1.165, 1.54) is 0 Å². The van der Waals surface area contributed by atoms with Crippen molar-refractivity contribution in [3.05, 3.63) is 5.69 Å². The molecule has 2 heterocycles. The first-order valence-corrected chi connectivity index (χ1v) is 8.44. The number of nitrogens with two attached hydrogens (primary N) is 1. The maximum Gasteiger partial charge on any atom is 0.152 e. The summed E-state index contributed by atoms with van der Waals surface area (Å²) in [5.74, 6) is 1.22. The molecule has 0 radical (unpaired) electrons. The zero-order chi connectivity index (χ0) is 14.2. The van der Waals surface area contributed by atoms with Gasteiger partial charge in [-0.05, 0) is 33.6 Å². The Labute approximate surface area is 114 Å². The molecule has 1 fully saturated rings. The van der Waals surface area contributed by atoms with Crippen molar-refractivity contribution >= 4 is 21.3 Å². The Hall–Kier alpha value is -1.24. The lowest BCUT2D eigenvalue weighted by Crippen LogP contribution is -2.35. The number of nitrogens with one attached hydrogen (secondary N) is 1. The van der Waals surface area contributed by atoms with Crippen LogP contribution < -0.4 is 11.1 Å². The van der Waals surface area contributed by atoms with Gasteiger partial charge in [0.1, 0.15) is 5.82 Å². The first kappa shape index (κ1) is 14.2. The van der Waals surface area contributed by atoms with Gasteiger partial charge in [-0.25, -0.2) is 13.1 Å². The van der Waals surface area contributed by atoms with Gasteiger partial charge < -0.3 is 11.1 Å². The zero-order valence-corrected chi connectivity index (χ0v) is 12.5. The second kappa shape index (κ2) is 5.03. The van der Waals surface area contributed by atoms with Gasteiger partial charge in [-0.1, -0.05) is 0 Å². The van der Waals surface area contributed by atoms with E-state index in [4.69, 9.17) is 5.73 Å². The highest BCUT2D eigenvalue weighted by atomic mass is 32.2. The molecule has 3 N–H and O–H groups in total. The van der Waals surface area contributed by atoms with E-state index in [2.05, 4.69) is 10.4 Å². The standard InChI is InChI=1S/C12H22N4O2S/c1-8(2)16-12(11(13)9(3)15-16)14-10-5-4-6-19(17,18)7-10/h8,10,14H,4-7,13H2,1-3H3. The zero-order valence-electron chi connectivity index (χ0n) is 11.7. The summed E-state index contributed by atoms with van der Waals surface area (Å²) in [6.45, 7) is 5.90. The molecule has 0 saturated carbocycles. The van der Waals surface area contributed by atoms with Gasteiger partial charge in [0.25, 0.3) is 0 Å². The summed E-state index contributed by atoms with van der Waals surface area (Å²) in [4.78, 5) is 0. The van der Waals surface area contributed by atoms with Crippen LogP contribution in [0.2, 0.25) is 0 Å². The number of hydrogen-bond donors (Lipinski definition) is 2. The van der Waals surface area contributed by atoms with Crippen LogP contribution in [0.25, 0.3) is 0 Å². The molecule has 1 unspecified atom stereocenters. The number of nitrogen functional groups attached to an aromatic ring is 1. The lowest BCUT2D eigenvalue weighted by molar-refractivity contribution is 0.525. The Morgan fingerprint density at radius 2 is 2.16 bits per heavy atom. The van der Waals surface area contributed by atoms with Crippen LogP contribution in [0.4, 0.5) is 11.5 Å². The van der Waals surface area contributed by atoms with Crippen molar-refractivity contribution in [1.29, 1.82) is 0 Å². The molecule has 1 aromatic rings. The quantitative estimate of drug-likeness (QED) is 0.875. The van der Waals surface area contributed by atoms with Crippen molar-refractivity contribution in [2.45, 2.75) is 45.7 Å². The molecular formula is C12H22N4O2S. The van der Waals surface area contributed by atoms with Gasteiger partial charge in [0, 0.05) is 12.1 Å². The summed E-state index contributed by atoms with van der Waals surface area (Å²) in [7, 11) is -2.92. The van der Waals surface area contributed by atoms with Crippen molar-refractivity contribution in [2.75, 3.05) is 22.6 Å². The maximum absolute atomic E-state index is 11.7. The van der Waals surface area contributed by atoms with E-state index in [1.54, 1.807) is 0 Å². The molecule has 0 aliphatic carbocycles. The minimum absolute atomic E-state index is 0.0744. The monoisotopic (exact) mass is 286 g/mol. The highest BCUT2D eigenvalue weighted by Gasteiger charge is 2.26. The minimum Gasteiger partial charge on any atom is -0.394 e. The van der Waals surface area contributed by atoms with E-state index in [9.17, 15) is 8.42 Å². The Morgan fingerprint density at radius 3 is 2.74 bits per heavy atom. The smallest absolute Gasteiger partial charge is 0.152 e. The molecule has 1 aliphatic rings. The van der Waals surface area contributed by atoms with E-state index in [0.29, 0.717) is 17.9 Å². The van der Waals surface area contributed by atoms with E-state index < -0.39 is 9.84 Å². The SMILES string of the molecule is Cc1nn(C(C)C)c(NC2CCCS(=O)(=O)C2)c1N. The lowest BCUT2D eigenvalue weighted by Gasteiger charge is -2.25. The minimum atomic E-state index is -2.92. The fourth-order valence-corrected chi connectivity index (χ4v) is 4.04. The van der Waals surface area contributed by atoms with Crippen LogP contribution in [0.1, 0.15) is 38.4 Å². The molecule has 1 atom stereocenters. The lowest BCUT2D eigenvalue weighted by atomic mass is 10.2. The summed E-state index contributed by atoms with van der Waals surface area (Å²) >= 11 is 0. The summed E-state index contributed by atoms with van der Waals surface area (Å²) in [5, 5.41) is 7.66. The number of aromatic nitrogens is 2. The normalized spacial score (nSPS) is 22.6. The highest BCUT2D eigenvalue weighted by molar-refractivity contribution is 7.91. The molecule has 0 amide bonds.